The summed E-state index contributed by atoms with van der Waals surface area (Å²) in [6.07, 6.45) is 6.74. The van der Waals surface area contributed by atoms with Gasteiger partial charge in [0.15, 0.2) is 0 Å². The third-order valence-electron chi connectivity index (χ3n) is 3.61. The van der Waals surface area contributed by atoms with E-state index in [-0.39, 0.29) is 12.2 Å². The molecule has 0 spiro atoms. The molecule has 0 amide bonds. The molecular formula is C16H19ClO4. The van der Waals surface area contributed by atoms with Gasteiger partial charge in [-0.05, 0) is 37.5 Å². The molecule has 0 aromatic heterocycles. The van der Waals surface area contributed by atoms with E-state index < -0.39 is 5.97 Å². The highest BCUT2D eigenvalue weighted by Crippen LogP contribution is 2.31. The summed E-state index contributed by atoms with van der Waals surface area (Å²) in [6, 6.07) is 5.32. The van der Waals surface area contributed by atoms with Crippen LogP contribution in [0.5, 0.6) is 5.75 Å². The molecule has 2 unspecified atom stereocenters. The van der Waals surface area contributed by atoms with Gasteiger partial charge in [-0.2, -0.15) is 0 Å². The monoisotopic (exact) mass is 310 g/mol. The van der Waals surface area contributed by atoms with E-state index in [1.807, 2.05) is 6.07 Å². The third kappa shape index (κ3) is 4.48. The van der Waals surface area contributed by atoms with Crippen LogP contribution in [0, 0.1) is 0 Å². The molecule has 114 valence electrons. The molecule has 1 saturated carbocycles. The van der Waals surface area contributed by atoms with E-state index in [4.69, 9.17) is 26.2 Å². The summed E-state index contributed by atoms with van der Waals surface area (Å²) in [5.41, 5.74) is 0.598. The summed E-state index contributed by atoms with van der Waals surface area (Å²) in [5.74, 6) is -0.403. The minimum atomic E-state index is -1.02. The zero-order valence-corrected chi connectivity index (χ0v) is 12.7. The first-order valence-corrected chi connectivity index (χ1v) is 7.37. The molecule has 1 aromatic rings. The largest absolute Gasteiger partial charge is 0.490 e. The molecule has 1 N–H and O–H groups in total. The van der Waals surface area contributed by atoms with Crippen molar-refractivity contribution in [2.24, 2.45) is 0 Å². The maximum atomic E-state index is 10.7. The summed E-state index contributed by atoms with van der Waals surface area (Å²) in [4.78, 5) is 10.7. The highest BCUT2D eigenvalue weighted by molar-refractivity contribution is 6.32. The van der Waals surface area contributed by atoms with Gasteiger partial charge in [-0.1, -0.05) is 17.7 Å². The second-order valence-electron chi connectivity index (χ2n) is 5.09. The van der Waals surface area contributed by atoms with Crippen molar-refractivity contribution < 1.29 is 19.4 Å². The molecule has 1 aromatic carbocycles. The number of methoxy groups -OCH3 is 1. The molecule has 0 bridgehead atoms. The Morgan fingerprint density at radius 1 is 1.38 bits per heavy atom. The number of halogens is 1. The summed E-state index contributed by atoms with van der Waals surface area (Å²) < 4.78 is 11.4. The summed E-state index contributed by atoms with van der Waals surface area (Å²) in [5, 5.41) is 9.23. The van der Waals surface area contributed by atoms with Crippen LogP contribution in [0.15, 0.2) is 24.3 Å². The van der Waals surface area contributed by atoms with Crippen molar-refractivity contribution in [3.63, 3.8) is 0 Å². The van der Waals surface area contributed by atoms with E-state index >= 15 is 0 Å². The minimum absolute atomic E-state index is 0.0687. The number of hydrogen-bond donors (Lipinski definition) is 1. The molecule has 2 rings (SSSR count). The van der Waals surface area contributed by atoms with E-state index in [1.165, 1.54) is 6.08 Å². The summed E-state index contributed by atoms with van der Waals surface area (Å²) >= 11 is 6.14. The zero-order chi connectivity index (χ0) is 15.2. The van der Waals surface area contributed by atoms with E-state index in [9.17, 15) is 4.79 Å². The van der Waals surface area contributed by atoms with Crippen LogP contribution in [0.2, 0.25) is 5.02 Å². The molecule has 1 aliphatic carbocycles. The number of carboxylic acid groups (broad SMARTS) is 1. The van der Waals surface area contributed by atoms with Crippen LogP contribution in [-0.4, -0.2) is 30.4 Å². The maximum absolute atomic E-state index is 10.7. The van der Waals surface area contributed by atoms with Crippen LogP contribution in [0.1, 0.15) is 31.2 Å². The first-order chi connectivity index (χ1) is 10.1. The van der Waals surface area contributed by atoms with Gasteiger partial charge in [-0.25, -0.2) is 4.79 Å². The Morgan fingerprint density at radius 3 is 2.86 bits per heavy atom. The van der Waals surface area contributed by atoms with Crippen LogP contribution >= 0.6 is 11.6 Å². The van der Waals surface area contributed by atoms with E-state index in [0.717, 1.165) is 31.8 Å². The van der Waals surface area contributed by atoms with E-state index in [0.29, 0.717) is 16.3 Å². The van der Waals surface area contributed by atoms with Gasteiger partial charge in [0.05, 0.1) is 11.1 Å². The van der Waals surface area contributed by atoms with Gasteiger partial charge in [0, 0.05) is 25.2 Å². The third-order valence-corrected chi connectivity index (χ3v) is 3.94. The lowest BCUT2D eigenvalue weighted by atomic mass is 9.95. The first-order valence-electron chi connectivity index (χ1n) is 6.99. The van der Waals surface area contributed by atoms with Crippen LogP contribution in [0.4, 0.5) is 0 Å². The SMILES string of the molecule is COC1CCCC(Oc2cccc(Cl)c2/C=C/C(=O)O)C1. The predicted octanol–water partition coefficient (Wildman–Crippen LogP) is 3.77. The van der Waals surface area contributed by atoms with Crippen LogP contribution < -0.4 is 4.74 Å². The molecule has 0 aliphatic heterocycles. The summed E-state index contributed by atoms with van der Waals surface area (Å²) in [7, 11) is 1.72. The van der Waals surface area contributed by atoms with Crippen molar-refractivity contribution in [1.82, 2.24) is 0 Å². The Morgan fingerprint density at radius 2 is 2.14 bits per heavy atom. The standard InChI is InChI=1S/C16H19ClO4/c1-20-11-4-2-5-12(10-11)21-15-7-3-6-14(17)13(15)8-9-16(18)19/h3,6-9,11-12H,2,4-5,10H2,1H3,(H,18,19)/b9-8+. The first kappa shape index (κ1) is 15.9. The summed E-state index contributed by atoms with van der Waals surface area (Å²) in [6.45, 7) is 0. The van der Waals surface area contributed by atoms with Crippen LogP contribution in [0.25, 0.3) is 6.08 Å². The van der Waals surface area contributed by atoms with E-state index in [1.54, 1.807) is 19.2 Å². The minimum Gasteiger partial charge on any atom is -0.490 e. The molecule has 0 heterocycles. The Kier molecular flexibility index (Phi) is 5.65. The van der Waals surface area contributed by atoms with Crippen molar-refractivity contribution >= 4 is 23.6 Å². The lowest BCUT2D eigenvalue weighted by Gasteiger charge is -2.29. The van der Waals surface area contributed by atoms with E-state index in [2.05, 4.69) is 0 Å². The number of rotatable bonds is 5. The second-order valence-corrected chi connectivity index (χ2v) is 5.49. The number of carbonyl (C=O) groups is 1. The zero-order valence-electron chi connectivity index (χ0n) is 11.9. The van der Waals surface area contributed by atoms with Gasteiger partial charge in [0.1, 0.15) is 11.9 Å². The Labute approximate surface area is 129 Å². The molecule has 2 atom stereocenters. The fourth-order valence-corrected chi connectivity index (χ4v) is 2.77. The number of aliphatic carboxylic acids is 1. The normalized spacial score (nSPS) is 22.4. The molecule has 1 fully saturated rings. The van der Waals surface area contributed by atoms with Gasteiger partial charge in [0.2, 0.25) is 0 Å². The molecule has 1 aliphatic rings. The number of carboxylic acids is 1. The predicted molar refractivity (Wildman–Crippen MR) is 81.8 cm³/mol. The lowest BCUT2D eigenvalue weighted by Crippen LogP contribution is -2.29. The average Bonchev–Trinajstić information content (AvgIpc) is 2.46. The Hall–Kier alpha value is -1.52. The fraction of sp³-hybridized carbons (Fsp3) is 0.438. The maximum Gasteiger partial charge on any atom is 0.328 e. The lowest BCUT2D eigenvalue weighted by molar-refractivity contribution is -0.131. The number of benzene rings is 1. The van der Waals surface area contributed by atoms with Gasteiger partial charge in [-0.3, -0.25) is 0 Å². The van der Waals surface area contributed by atoms with Crippen molar-refractivity contribution in [1.29, 1.82) is 0 Å². The molecular weight excluding hydrogens is 292 g/mol. The second kappa shape index (κ2) is 7.48. The molecule has 0 saturated heterocycles. The molecule has 0 radical (unpaired) electrons. The van der Waals surface area contributed by atoms with Crippen molar-refractivity contribution in [3.8, 4) is 5.75 Å². The highest BCUT2D eigenvalue weighted by atomic mass is 35.5. The van der Waals surface area contributed by atoms with Gasteiger partial charge in [-0.15, -0.1) is 0 Å². The van der Waals surface area contributed by atoms with Crippen molar-refractivity contribution in [2.45, 2.75) is 37.9 Å². The number of hydrogen-bond acceptors (Lipinski definition) is 3. The average molecular weight is 311 g/mol. The van der Waals surface area contributed by atoms with Gasteiger partial charge >= 0.3 is 5.97 Å². The Balaban J connectivity index is 2.15. The van der Waals surface area contributed by atoms with Crippen molar-refractivity contribution in [3.05, 3.63) is 34.9 Å². The smallest absolute Gasteiger partial charge is 0.328 e. The Bertz CT molecular complexity index is 527. The molecule has 21 heavy (non-hydrogen) atoms. The van der Waals surface area contributed by atoms with Crippen LogP contribution in [0.3, 0.4) is 0 Å². The number of ether oxygens (including phenoxy) is 2. The van der Waals surface area contributed by atoms with Gasteiger partial charge in [0.25, 0.3) is 0 Å². The topological polar surface area (TPSA) is 55.8 Å². The highest BCUT2D eigenvalue weighted by Gasteiger charge is 2.23. The van der Waals surface area contributed by atoms with Crippen LogP contribution in [-0.2, 0) is 9.53 Å². The molecule has 4 nitrogen and oxygen atoms in total. The quantitative estimate of drug-likeness (QED) is 0.841. The van der Waals surface area contributed by atoms with Crippen molar-refractivity contribution in [2.75, 3.05) is 7.11 Å². The fourth-order valence-electron chi connectivity index (χ4n) is 2.54. The van der Waals surface area contributed by atoms with Gasteiger partial charge < -0.3 is 14.6 Å². The molecule has 5 heteroatoms.